The van der Waals surface area contributed by atoms with Gasteiger partial charge in [0, 0.05) is 12.4 Å². The molecule has 12 heavy (non-hydrogen) atoms. The lowest BCUT2D eigenvalue weighted by Crippen LogP contribution is -2.40. The van der Waals surface area contributed by atoms with Gasteiger partial charge < -0.3 is 10.3 Å². The quantitative estimate of drug-likeness (QED) is 0.612. The number of anilines is 1. The lowest BCUT2D eigenvalue weighted by Gasteiger charge is -2.23. The first-order valence-electron chi connectivity index (χ1n) is 4.44. The number of aromatic nitrogens is 2. The lowest BCUT2D eigenvalue weighted by molar-refractivity contribution is 0.432. The molecular weight excluding hydrogens is 152 g/mol. The predicted molar refractivity (Wildman–Crippen MR) is 47.9 cm³/mol. The van der Waals surface area contributed by atoms with E-state index >= 15 is 0 Å². The van der Waals surface area contributed by atoms with Gasteiger partial charge in [0.25, 0.3) is 0 Å². The minimum Gasteiger partial charge on any atom is -0.341 e. The highest BCUT2D eigenvalue weighted by Gasteiger charge is 2.11. The van der Waals surface area contributed by atoms with Crippen molar-refractivity contribution in [1.29, 1.82) is 0 Å². The normalized spacial score (nSPS) is 23.8. The van der Waals surface area contributed by atoms with Gasteiger partial charge in [0.15, 0.2) is 0 Å². The Labute approximate surface area is 71.8 Å². The second-order valence-corrected chi connectivity index (χ2v) is 3.08. The fourth-order valence-corrected chi connectivity index (χ4v) is 1.48. The number of nitrogens with zero attached hydrogens (tertiary/aromatic N) is 1. The standard InChI is InChI=1S/C8H14N4/c1-2-4-9-7(3-1)12-8-10-5-6-11-8/h5-7,9H,1-4H2,(H2,10,11,12). The molecular formula is C8H14N4. The zero-order chi connectivity index (χ0) is 8.23. The molecule has 66 valence electrons. The number of imidazole rings is 1. The average molecular weight is 166 g/mol. The van der Waals surface area contributed by atoms with Crippen LogP contribution in [0, 0.1) is 0 Å². The van der Waals surface area contributed by atoms with Crippen molar-refractivity contribution in [1.82, 2.24) is 15.3 Å². The number of hydrogen-bond donors (Lipinski definition) is 3. The molecule has 3 N–H and O–H groups in total. The van der Waals surface area contributed by atoms with Crippen LogP contribution >= 0.6 is 0 Å². The van der Waals surface area contributed by atoms with Crippen LogP contribution in [-0.4, -0.2) is 22.7 Å². The number of H-pyrrole nitrogens is 1. The zero-order valence-corrected chi connectivity index (χ0v) is 7.01. The second-order valence-electron chi connectivity index (χ2n) is 3.08. The van der Waals surface area contributed by atoms with Crippen molar-refractivity contribution >= 4 is 5.95 Å². The molecule has 4 heteroatoms. The monoisotopic (exact) mass is 166 g/mol. The summed E-state index contributed by atoms with van der Waals surface area (Å²) in [6.07, 6.45) is 7.74. The van der Waals surface area contributed by atoms with Crippen LogP contribution in [0.3, 0.4) is 0 Å². The van der Waals surface area contributed by atoms with Gasteiger partial charge in [-0.05, 0) is 25.8 Å². The van der Waals surface area contributed by atoms with E-state index in [1.165, 1.54) is 19.3 Å². The molecule has 0 amide bonds. The van der Waals surface area contributed by atoms with Crippen LogP contribution in [0.1, 0.15) is 19.3 Å². The van der Waals surface area contributed by atoms with Crippen molar-refractivity contribution in [2.75, 3.05) is 11.9 Å². The number of piperidine rings is 1. The van der Waals surface area contributed by atoms with Crippen LogP contribution in [0.2, 0.25) is 0 Å². The molecule has 1 aliphatic rings. The topological polar surface area (TPSA) is 52.7 Å². The Morgan fingerprint density at radius 1 is 1.50 bits per heavy atom. The van der Waals surface area contributed by atoms with Gasteiger partial charge in [-0.1, -0.05) is 0 Å². The maximum absolute atomic E-state index is 4.10. The Morgan fingerprint density at radius 3 is 3.17 bits per heavy atom. The molecule has 0 saturated carbocycles. The van der Waals surface area contributed by atoms with E-state index in [1.807, 2.05) is 6.20 Å². The van der Waals surface area contributed by atoms with Crippen molar-refractivity contribution < 1.29 is 0 Å². The maximum Gasteiger partial charge on any atom is 0.201 e. The molecule has 1 aliphatic heterocycles. The molecule has 2 rings (SSSR count). The van der Waals surface area contributed by atoms with Gasteiger partial charge in [-0.25, -0.2) is 4.98 Å². The molecule has 1 aromatic heterocycles. The summed E-state index contributed by atoms with van der Waals surface area (Å²) in [6, 6.07) is 0. The van der Waals surface area contributed by atoms with Gasteiger partial charge >= 0.3 is 0 Å². The summed E-state index contributed by atoms with van der Waals surface area (Å²) in [5.41, 5.74) is 0. The minimum atomic E-state index is 0.393. The maximum atomic E-state index is 4.10. The highest BCUT2D eigenvalue weighted by molar-refractivity contribution is 5.24. The molecule has 1 atom stereocenters. The van der Waals surface area contributed by atoms with Crippen LogP contribution in [0.15, 0.2) is 12.4 Å². The summed E-state index contributed by atoms with van der Waals surface area (Å²) in [7, 11) is 0. The molecule has 0 aromatic carbocycles. The Kier molecular flexibility index (Phi) is 2.27. The van der Waals surface area contributed by atoms with Gasteiger partial charge in [-0.15, -0.1) is 0 Å². The first-order chi connectivity index (χ1) is 5.95. The van der Waals surface area contributed by atoms with E-state index in [4.69, 9.17) is 0 Å². The molecule has 1 fully saturated rings. The van der Waals surface area contributed by atoms with E-state index in [-0.39, 0.29) is 0 Å². The fourth-order valence-electron chi connectivity index (χ4n) is 1.48. The predicted octanol–water partition coefficient (Wildman–Crippen LogP) is 0.921. The molecule has 0 aliphatic carbocycles. The Morgan fingerprint density at radius 2 is 2.50 bits per heavy atom. The molecule has 0 spiro atoms. The fraction of sp³-hybridized carbons (Fsp3) is 0.625. The van der Waals surface area contributed by atoms with Crippen molar-refractivity contribution in [2.24, 2.45) is 0 Å². The summed E-state index contributed by atoms with van der Waals surface area (Å²) in [5, 5.41) is 6.67. The van der Waals surface area contributed by atoms with Crippen molar-refractivity contribution in [3.05, 3.63) is 12.4 Å². The van der Waals surface area contributed by atoms with E-state index in [1.54, 1.807) is 6.20 Å². The number of hydrogen-bond acceptors (Lipinski definition) is 3. The second kappa shape index (κ2) is 3.58. The first-order valence-corrected chi connectivity index (χ1v) is 4.44. The van der Waals surface area contributed by atoms with Crippen LogP contribution in [0.25, 0.3) is 0 Å². The summed E-state index contributed by atoms with van der Waals surface area (Å²) in [6.45, 7) is 1.11. The molecule has 1 aromatic rings. The third-order valence-corrected chi connectivity index (χ3v) is 2.12. The van der Waals surface area contributed by atoms with Crippen molar-refractivity contribution in [2.45, 2.75) is 25.4 Å². The lowest BCUT2D eigenvalue weighted by atomic mass is 10.1. The third-order valence-electron chi connectivity index (χ3n) is 2.12. The van der Waals surface area contributed by atoms with Crippen LogP contribution in [0.5, 0.6) is 0 Å². The molecule has 4 nitrogen and oxygen atoms in total. The first kappa shape index (κ1) is 7.61. The summed E-state index contributed by atoms with van der Waals surface area (Å²) >= 11 is 0. The smallest absolute Gasteiger partial charge is 0.201 e. The van der Waals surface area contributed by atoms with Gasteiger partial charge in [0.2, 0.25) is 5.95 Å². The van der Waals surface area contributed by atoms with E-state index in [2.05, 4.69) is 20.6 Å². The number of aromatic amines is 1. The third kappa shape index (κ3) is 1.76. The molecule has 0 bridgehead atoms. The van der Waals surface area contributed by atoms with Gasteiger partial charge in [-0.3, -0.25) is 5.32 Å². The molecule has 1 unspecified atom stereocenters. The van der Waals surface area contributed by atoms with E-state index in [0.29, 0.717) is 6.17 Å². The van der Waals surface area contributed by atoms with Crippen LogP contribution < -0.4 is 10.6 Å². The van der Waals surface area contributed by atoms with Crippen LogP contribution in [-0.2, 0) is 0 Å². The van der Waals surface area contributed by atoms with E-state index < -0.39 is 0 Å². The minimum absolute atomic E-state index is 0.393. The van der Waals surface area contributed by atoms with E-state index in [9.17, 15) is 0 Å². The van der Waals surface area contributed by atoms with Crippen molar-refractivity contribution in [3.8, 4) is 0 Å². The highest BCUT2D eigenvalue weighted by Crippen LogP contribution is 2.08. The Bertz CT molecular complexity index is 213. The van der Waals surface area contributed by atoms with Gasteiger partial charge in [-0.2, -0.15) is 0 Å². The van der Waals surface area contributed by atoms with Crippen LogP contribution in [0.4, 0.5) is 5.95 Å². The summed E-state index contributed by atoms with van der Waals surface area (Å²) in [4.78, 5) is 7.13. The Hall–Kier alpha value is -1.03. The SMILES string of the molecule is c1c[nH]c(NC2CCCCN2)n1. The molecule has 1 saturated heterocycles. The number of rotatable bonds is 2. The number of nitrogens with one attached hydrogen (secondary N) is 3. The largest absolute Gasteiger partial charge is 0.341 e. The van der Waals surface area contributed by atoms with Gasteiger partial charge in [0.1, 0.15) is 0 Å². The molecule has 0 radical (unpaired) electrons. The van der Waals surface area contributed by atoms with Crippen molar-refractivity contribution in [3.63, 3.8) is 0 Å². The average Bonchev–Trinajstić information content (AvgIpc) is 2.59. The Balaban J connectivity index is 1.86. The highest BCUT2D eigenvalue weighted by atomic mass is 15.2. The summed E-state index contributed by atoms with van der Waals surface area (Å²) < 4.78 is 0. The summed E-state index contributed by atoms with van der Waals surface area (Å²) in [5.74, 6) is 0.856. The molecule has 2 heterocycles. The zero-order valence-electron chi connectivity index (χ0n) is 7.01. The van der Waals surface area contributed by atoms with E-state index in [0.717, 1.165) is 12.5 Å². The van der Waals surface area contributed by atoms with Gasteiger partial charge in [0.05, 0.1) is 6.17 Å².